The predicted octanol–water partition coefficient (Wildman–Crippen LogP) is 0.924. The summed E-state index contributed by atoms with van der Waals surface area (Å²) in [6.07, 6.45) is 0.659. The molecule has 0 saturated heterocycles. The molecule has 6 nitrogen and oxygen atoms in total. The minimum Gasteiger partial charge on any atom is -0.497 e. The zero-order chi connectivity index (χ0) is 13.8. The summed E-state index contributed by atoms with van der Waals surface area (Å²) in [5, 5.41) is 3.79. The van der Waals surface area contributed by atoms with Crippen LogP contribution in [0.25, 0.3) is 0 Å². The molecular weight excluding hydrogens is 246 g/mol. The Morgan fingerprint density at radius 2 is 2.00 bits per heavy atom. The Bertz CT molecular complexity index is 522. The fourth-order valence-electron chi connectivity index (χ4n) is 1.74. The van der Waals surface area contributed by atoms with E-state index in [0.717, 1.165) is 11.4 Å². The second-order valence-electron chi connectivity index (χ2n) is 4.16. The maximum Gasteiger partial charge on any atom is 0.274 e. The number of nitrogens with zero attached hydrogens (tertiary/aromatic N) is 2. The standard InChI is InChI=1S/C13H15N3O3/c1-16(9-3-5-10(19-2)6-4-9)13(18)11-7-8-12(17)15-14-11/h3-6H,7-8H2,1-2H3,(H,15,17). The summed E-state index contributed by atoms with van der Waals surface area (Å²) >= 11 is 0. The largest absolute Gasteiger partial charge is 0.497 e. The van der Waals surface area contributed by atoms with Gasteiger partial charge in [0.2, 0.25) is 5.91 Å². The van der Waals surface area contributed by atoms with Gasteiger partial charge in [0.1, 0.15) is 11.5 Å². The molecule has 0 fully saturated rings. The molecule has 0 unspecified atom stereocenters. The molecule has 0 radical (unpaired) electrons. The number of rotatable bonds is 3. The highest BCUT2D eigenvalue weighted by molar-refractivity contribution is 6.44. The first-order valence-electron chi connectivity index (χ1n) is 5.89. The number of carbonyl (C=O) groups excluding carboxylic acids is 2. The molecular formula is C13H15N3O3. The third-order valence-corrected chi connectivity index (χ3v) is 2.92. The molecule has 2 rings (SSSR count). The summed E-state index contributed by atoms with van der Waals surface area (Å²) in [5.74, 6) is 0.348. The maximum absolute atomic E-state index is 12.2. The number of benzene rings is 1. The van der Waals surface area contributed by atoms with E-state index in [9.17, 15) is 9.59 Å². The van der Waals surface area contributed by atoms with E-state index < -0.39 is 0 Å². The van der Waals surface area contributed by atoms with E-state index in [4.69, 9.17) is 4.74 Å². The summed E-state index contributed by atoms with van der Waals surface area (Å²) in [6, 6.07) is 7.14. The second-order valence-corrected chi connectivity index (χ2v) is 4.16. The molecule has 0 aliphatic carbocycles. The van der Waals surface area contributed by atoms with Crippen molar-refractivity contribution in [3.63, 3.8) is 0 Å². The van der Waals surface area contributed by atoms with Crippen molar-refractivity contribution in [2.45, 2.75) is 12.8 Å². The second kappa shape index (κ2) is 5.51. The summed E-state index contributed by atoms with van der Waals surface area (Å²) in [5.41, 5.74) is 3.42. The van der Waals surface area contributed by atoms with Crippen molar-refractivity contribution in [1.82, 2.24) is 5.43 Å². The van der Waals surface area contributed by atoms with Gasteiger partial charge in [-0.3, -0.25) is 9.59 Å². The fourth-order valence-corrected chi connectivity index (χ4v) is 1.74. The smallest absolute Gasteiger partial charge is 0.274 e. The third kappa shape index (κ3) is 2.90. The van der Waals surface area contributed by atoms with Crippen LogP contribution in [0.3, 0.4) is 0 Å². The molecule has 1 N–H and O–H groups in total. The molecule has 19 heavy (non-hydrogen) atoms. The van der Waals surface area contributed by atoms with Gasteiger partial charge in [0, 0.05) is 25.6 Å². The lowest BCUT2D eigenvalue weighted by molar-refractivity contribution is -0.121. The van der Waals surface area contributed by atoms with E-state index in [-0.39, 0.29) is 11.8 Å². The SMILES string of the molecule is COc1ccc(N(C)C(=O)C2=NNC(=O)CC2)cc1. The molecule has 1 aromatic carbocycles. The molecule has 1 aliphatic rings. The Morgan fingerprint density at radius 3 is 2.53 bits per heavy atom. The number of anilines is 1. The summed E-state index contributed by atoms with van der Waals surface area (Å²) in [6.45, 7) is 0. The van der Waals surface area contributed by atoms with Crippen LogP contribution in [-0.4, -0.2) is 31.7 Å². The number of methoxy groups -OCH3 is 1. The third-order valence-electron chi connectivity index (χ3n) is 2.92. The molecule has 100 valence electrons. The molecule has 0 atom stereocenters. The van der Waals surface area contributed by atoms with Crippen LogP contribution in [0.15, 0.2) is 29.4 Å². The van der Waals surface area contributed by atoms with Crippen molar-refractivity contribution in [2.24, 2.45) is 5.10 Å². The monoisotopic (exact) mass is 261 g/mol. The van der Waals surface area contributed by atoms with E-state index >= 15 is 0 Å². The number of ether oxygens (including phenoxy) is 1. The summed E-state index contributed by atoms with van der Waals surface area (Å²) in [7, 11) is 3.26. The Labute approximate surface area is 111 Å². The lowest BCUT2D eigenvalue weighted by atomic mass is 10.1. The molecule has 1 heterocycles. The van der Waals surface area contributed by atoms with Crippen molar-refractivity contribution >= 4 is 23.2 Å². The highest BCUT2D eigenvalue weighted by Crippen LogP contribution is 2.19. The number of amides is 2. The minimum atomic E-state index is -0.217. The molecule has 1 aromatic rings. The molecule has 1 aliphatic heterocycles. The lowest BCUT2D eigenvalue weighted by Gasteiger charge is -2.20. The molecule has 0 spiro atoms. The summed E-state index contributed by atoms with van der Waals surface area (Å²) in [4.78, 5) is 24.7. The van der Waals surface area contributed by atoms with E-state index in [1.165, 1.54) is 4.90 Å². The van der Waals surface area contributed by atoms with Crippen LogP contribution in [0.4, 0.5) is 5.69 Å². The van der Waals surface area contributed by atoms with Crippen molar-refractivity contribution in [3.05, 3.63) is 24.3 Å². The van der Waals surface area contributed by atoms with Gasteiger partial charge in [-0.25, -0.2) is 5.43 Å². The van der Waals surface area contributed by atoms with E-state index in [1.54, 1.807) is 38.4 Å². The number of hydrogen-bond donors (Lipinski definition) is 1. The Morgan fingerprint density at radius 1 is 1.32 bits per heavy atom. The summed E-state index contributed by atoms with van der Waals surface area (Å²) < 4.78 is 5.06. The van der Waals surface area contributed by atoms with E-state index in [1.807, 2.05) is 0 Å². The van der Waals surface area contributed by atoms with Gasteiger partial charge >= 0.3 is 0 Å². The zero-order valence-corrected chi connectivity index (χ0v) is 10.8. The average molecular weight is 261 g/mol. The van der Waals surface area contributed by atoms with Crippen LogP contribution < -0.4 is 15.1 Å². The molecule has 0 bridgehead atoms. The van der Waals surface area contributed by atoms with Crippen molar-refractivity contribution in [3.8, 4) is 5.75 Å². The van der Waals surface area contributed by atoms with Gasteiger partial charge in [-0.05, 0) is 24.3 Å². The van der Waals surface area contributed by atoms with Gasteiger partial charge in [-0.15, -0.1) is 0 Å². The van der Waals surface area contributed by atoms with Crippen LogP contribution in [0, 0.1) is 0 Å². The van der Waals surface area contributed by atoms with Gasteiger partial charge in [0.25, 0.3) is 5.91 Å². The minimum absolute atomic E-state index is 0.163. The molecule has 0 saturated carbocycles. The van der Waals surface area contributed by atoms with Gasteiger partial charge in [0.05, 0.1) is 7.11 Å². The number of carbonyl (C=O) groups is 2. The van der Waals surface area contributed by atoms with Crippen molar-refractivity contribution in [2.75, 3.05) is 19.1 Å². The van der Waals surface area contributed by atoms with Crippen LogP contribution >= 0.6 is 0 Å². The normalized spacial score (nSPS) is 14.4. The van der Waals surface area contributed by atoms with Gasteiger partial charge < -0.3 is 9.64 Å². The quantitative estimate of drug-likeness (QED) is 0.879. The molecule has 6 heteroatoms. The number of hydrogen-bond acceptors (Lipinski definition) is 4. The fraction of sp³-hybridized carbons (Fsp3) is 0.308. The predicted molar refractivity (Wildman–Crippen MR) is 71.2 cm³/mol. The molecule has 2 amide bonds. The lowest BCUT2D eigenvalue weighted by Crippen LogP contribution is -2.38. The van der Waals surface area contributed by atoms with Crippen molar-refractivity contribution < 1.29 is 14.3 Å². The first kappa shape index (κ1) is 13.1. The zero-order valence-electron chi connectivity index (χ0n) is 10.8. The van der Waals surface area contributed by atoms with Crippen LogP contribution in [0.2, 0.25) is 0 Å². The maximum atomic E-state index is 12.2. The Kier molecular flexibility index (Phi) is 3.79. The highest BCUT2D eigenvalue weighted by atomic mass is 16.5. The topological polar surface area (TPSA) is 71.0 Å². The number of nitrogens with one attached hydrogen (secondary N) is 1. The van der Waals surface area contributed by atoms with Gasteiger partial charge in [-0.1, -0.05) is 0 Å². The first-order chi connectivity index (χ1) is 9.11. The van der Waals surface area contributed by atoms with Crippen molar-refractivity contribution in [1.29, 1.82) is 0 Å². The van der Waals surface area contributed by atoms with Crippen LogP contribution in [0.1, 0.15) is 12.8 Å². The number of hydrazone groups is 1. The van der Waals surface area contributed by atoms with Crippen LogP contribution in [0.5, 0.6) is 5.75 Å². The van der Waals surface area contributed by atoms with Gasteiger partial charge in [-0.2, -0.15) is 5.10 Å². The highest BCUT2D eigenvalue weighted by Gasteiger charge is 2.22. The van der Waals surface area contributed by atoms with E-state index in [2.05, 4.69) is 10.5 Å². The Balaban J connectivity index is 2.12. The molecule has 0 aromatic heterocycles. The Hall–Kier alpha value is -2.37. The first-order valence-corrected chi connectivity index (χ1v) is 5.89. The average Bonchev–Trinajstić information content (AvgIpc) is 2.46. The van der Waals surface area contributed by atoms with E-state index in [0.29, 0.717) is 18.6 Å². The van der Waals surface area contributed by atoms with Gasteiger partial charge in [0.15, 0.2) is 0 Å². The van der Waals surface area contributed by atoms with Crippen LogP contribution in [-0.2, 0) is 9.59 Å².